The van der Waals surface area contributed by atoms with Crippen molar-refractivity contribution in [3.8, 4) is 5.75 Å². The zero-order valence-corrected chi connectivity index (χ0v) is 18.6. The molecule has 0 aromatic heterocycles. The summed E-state index contributed by atoms with van der Waals surface area (Å²) in [5, 5.41) is 2.99. The number of aryl methyl sites for hydroxylation is 1. The molecule has 6 nitrogen and oxygen atoms in total. The highest BCUT2D eigenvalue weighted by Crippen LogP contribution is 2.40. The molecule has 30 heavy (non-hydrogen) atoms. The molecule has 162 valence electrons. The van der Waals surface area contributed by atoms with Crippen molar-refractivity contribution >= 4 is 21.6 Å². The number of anilines is 1. The van der Waals surface area contributed by atoms with Gasteiger partial charge in [-0.2, -0.15) is 0 Å². The molecule has 2 aromatic rings. The van der Waals surface area contributed by atoms with Gasteiger partial charge in [-0.15, -0.1) is 0 Å². The molecule has 0 saturated heterocycles. The first-order chi connectivity index (χ1) is 13.9. The Morgan fingerprint density at radius 3 is 2.47 bits per heavy atom. The Morgan fingerprint density at radius 2 is 1.87 bits per heavy atom. The standard InChI is InChI=1S/C22H27FN2O4S/c1-14-6-11-20-18(12-14)19(13-22(3,4)29-20)24-21(26)15(2)25(30(5,27)28)17-9-7-16(23)8-10-17/h6-12,15,19H,13H2,1-5H3,(H,24,26)/t15-,19+/m1/s1. The van der Waals surface area contributed by atoms with Crippen LogP contribution in [0, 0.1) is 12.7 Å². The van der Waals surface area contributed by atoms with E-state index in [4.69, 9.17) is 4.74 Å². The summed E-state index contributed by atoms with van der Waals surface area (Å²) in [6, 6.07) is 9.47. The summed E-state index contributed by atoms with van der Waals surface area (Å²) >= 11 is 0. The second-order valence-electron chi connectivity index (χ2n) is 8.38. The van der Waals surface area contributed by atoms with E-state index in [1.165, 1.54) is 19.1 Å². The van der Waals surface area contributed by atoms with Crippen LogP contribution in [0.3, 0.4) is 0 Å². The lowest BCUT2D eigenvalue weighted by molar-refractivity contribution is -0.123. The minimum absolute atomic E-state index is 0.227. The molecule has 1 amide bonds. The van der Waals surface area contributed by atoms with E-state index < -0.39 is 33.4 Å². The van der Waals surface area contributed by atoms with E-state index in [2.05, 4.69) is 5.32 Å². The largest absolute Gasteiger partial charge is 0.487 e. The van der Waals surface area contributed by atoms with Crippen molar-refractivity contribution in [3.63, 3.8) is 0 Å². The van der Waals surface area contributed by atoms with Crippen LogP contribution in [0.1, 0.15) is 44.4 Å². The second-order valence-corrected chi connectivity index (χ2v) is 10.2. The summed E-state index contributed by atoms with van der Waals surface area (Å²) in [6.45, 7) is 7.36. The maximum Gasteiger partial charge on any atom is 0.244 e. The first kappa shape index (κ1) is 22.1. The third-order valence-electron chi connectivity index (χ3n) is 5.11. The first-order valence-corrected chi connectivity index (χ1v) is 11.6. The first-order valence-electron chi connectivity index (χ1n) is 9.72. The van der Waals surface area contributed by atoms with E-state index in [-0.39, 0.29) is 11.7 Å². The Bertz CT molecular complexity index is 1050. The minimum atomic E-state index is -3.78. The highest BCUT2D eigenvalue weighted by molar-refractivity contribution is 7.92. The van der Waals surface area contributed by atoms with Crippen molar-refractivity contribution in [1.82, 2.24) is 5.32 Å². The van der Waals surface area contributed by atoms with Crippen molar-refractivity contribution in [2.45, 2.75) is 51.8 Å². The van der Waals surface area contributed by atoms with Gasteiger partial charge in [-0.1, -0.05) is 17.7 Å². The molecular weight excluding hydrogens is 407 g/mol. The average molecular weight is 435 g/mol. The van der Waals surface area contributed by atoms with Gasteiger partial charge in [0.2, 0.25) is 15.9 Å². The van der Waals surface area contributed by atoms with E-state index in [0.717, 1.165) is 33.8 Å². The molecule has 2 aromatic carbocycles. The fourth-order valence-corrected chi connectivity index (χ4v) is 4.97. The molecule has 0 radical (unpaired) electrons. The fraction of sp³-hybridized carbons (Fsp3) is 0.409. The molecule has 0 bridgehead atoms. The van der Waals surface area contributed by atoms with Gasteiger partial charge < -0.3 is 10.1 Å². The van der Waals surface area contributed by atoms with Crippen LogP contribution >= 0.6 is 0 Å². The molecular formula is C22H27FN2O4S. The number of carbonyl (C=O) groups excluding carboxylic acids is 1. The van der Waals surface area contributed by atoms with E-state index in [0.29, 0.717) is 12.2 Å². The average Bonchev–Trinajstić information content (AvgIpc) is 2.62. The van der Waals surface area contributed by atoms with Gasteiger partial charge in [0.1, 0.15) is 23.2 Å². The molecule has 1 aliphatic heterocycles. The van der Waals surface area contributed by atoms with E-state index in [1.807, 2.05) is 39.0 Å². The Kier molecular flexibility index (Phi) is 5.82. The number of benzene rings is 2. The number of fused-ring (bicyclic) bond motifs is 1. The number of halogens is 1. The Labute approximate surface area is 177 Å². The number of nitrogens with zero attached hydrogens (tertiary/aromatic N) is 1. The summed E-state index contributed by atoms with van der Waals surface area (Å²) in [4.78, 5) is 13.1. The van der Waals surface area contributed by atoms with Crippen molar-refractivity contribution in [2.24, 2.45) is 0 Å². The quantitative estimate of drug-likeness (QED) is 0.779. The molecule has 3 rings (SSSR count). The minimum Gasteiger partial charge on any atom is -0.487 e. The fourth-order valence-electron chi connectivity index (χ4n) is 3.79. The Hall–Kier alpha value is -2.61. The smallest absolute Gasteiger partial charge is 0.244 e. The number of ether oxygens (including phenoxy) is 1. The molecule has 0 aliphatic carbocycles. The SMILES string of the molecule is Cc1ccc2c(c1)[C@@H](NC(=O)[C@@H](C)N(c1ccc(F)cc1)S(C)(=O)=O)CC(C)(C)O2. The number of hydrogen-bond acceptors (Lipinski definition) is 4. The zero-order chi connectivity index (χ0) is 22.3. The lowest BCUT2D eigenvalue weighted by Gasteiger charge is -2.39. The molecule has 0 saturated carbocycles. The number of hydrogen-bond donors (Lipinski definition) is 1. The zero-order valence-electron chi connectivity index (χ0n) is 17.8. The van der Waals surface area contributed by atoms with Crippen LogP contribution in [-0.4, -0.2) is 32.2 Å². The number of amides is 1. The molecule has 1 N–H and O–H groups in total. The van der Waals surface area contributed by atoms with Gasteiger partial charge in [-0.05, 0) is 58.0 Å². The van der Waals surface area contributed by atoms with Crippen molar-refractivity contribution in [2.75, 3.05) is 10.6 Å². The number of carbonyl (C=O) groups is 1. The molecule has 0 spiro atoms. The van der Waals surface area contributed by atoms with Crippen molar-refractivity contribution in [3.05, 3.63) is 59.4 Å². The molecule has 2 atom stereocenters. The van der Waals surface area contributed by atoms with Gasteiger partial charge in [-0.3, -0.25) is 9.10 Å². The van der Waals surface area contributed by atoms with Gasteiger partial charge in [0.25, 0.3) is 0 Å². The van der Waals surface area contributed by atoms with Crippen molar-refractivity contribution < 1.29 is 22.3 Å². The predicted octanol–water partition coefficient (Wildman–Crippen LogP) is 3.71. The van der Waals surface area contributed by atoms with Crippen LogP contribution in [-0.2, 0) is 14.8 Å². The van der Waals surface area contributed by atoms with Crippen LogP contribution in [0.15, 0.2) is 42.5 Å². The molecule has 1 heterocycles. The van der Waals surface area contributed by atoms with Gasteiger partial charge in [0.05, 0.1) is 18.0 Å². The highest BCUT2D eigenvalue weighted by Gasteiger charge is 2.37. The summed E-state index contributed by atoms with van der Waals surface area (Å²) < 4.78 is 45.2. The van der Waals surface area contributed by atoms with E-state index in [9.17, 15) is 17.6 Å². The van der Waals surface area contributed by atoms with E-state index >= 15 is 0 Å². The second kappa shape index (κ2) is 7.91. The third kappa shape index (κ3) is 4.75. The lowest BCUT2D eigenvalue weighted by atomic mass is 9.89. The molecule has 0 unspecified atom stereocenters. The molecule has 8 heteroatoms. The summed E-state index contributed by atoms with van der Waals surface area (Å²) in [5.41, 5.74) is 1.64. The van der Waals surface area contributed by atoms with Gasteiger partial charge in [0.15, 0.2) is 0 Å². The van der Waals surface area contributed by atoms with Crippen LogP contribution in [0.25, 0.3) is 0 Å². The maximum atomic E-state index is 13.3. The number of sulfonamides is 1. The maximum absolute atomic E-state index is 13.3. The highest BCUT2D eigenvalue weighted by atomic mass is 32.2. The lowest BCUT2D eigenvalue weighted by Crippen LogP contribution is -2.50. The van der Waals surface area contributed by atoms with E-state index in [1.54, 1.807) is 0 Å². The van der Waals surface area contributed by atoms with Crippen LogP contribution < -0.4 is 14.4 Å². The normalized spacial score (nSPS) is 18.7. The Morgan fingerprint density at radius 1 is 1.23 bits per heavy atom. The van der Waals surface area contributed by atoms with Crippen LogP contribution in [0.5, 0.6) is 5.75 Å². The summed E-state index contributed by atoms with van der Waals surface area (Å²) in [7, 11) is -3.78. The predicted molar refractivity (Wildman–Crippen MR) is 115 cm³/mol. The number of nitrogens with one attached hydrogen (secondary N) is 1. The monoisotopic (exact) mass is 434 g/mol. The third-order valence-corrected chi connectivity index (χ3v) is 6.35. The topological polar surface area (TPSA) is 75.7 Å². The van der Waals surface area contributed by atoms with Crippen molar-refractivity contribution in [1.29, 1.82) is 0 Å². The molecule has 1 aliphatic rings. The molecule has 0 fully saturated rings. The summed E-state index contributed by atoms with van der Waals surface area (Å²) in [5.74, 6) is -0.228. The number of rotatable bonds is 5. The van der Waals surface area contributed by atoms with Gasteiger partial charge in [0, 0.05) is 12.0 Å². The van der Waals surface area contributed by atoms with Gasteiger partial charge >= 0.3 is 0 Å². The summed E-state index contributed by atoms with van der Waals surface area (Å²) in [6.07, 6.45) is 1.56. The van der Waals surface area contributed by atoms with Gasteiger partial charge in [-0.25, -0.2) is 12.8 Å². The Balaban J connectivity index is 1.90. The van der Waals surface area contributed by atoms with Crippen LogP contribution in [0.4, 0.5) is 10.1 Å². The van der Waals surface area contributed by atoms with Crippen LogP contribution in [0.2, 0.25) is 0 Å².